The molecule has 1 aromatic heterocycles. The number of aliphatic hydroxyl groups is 1. The molecule has 1 aliphatic carbocycles. The van der Waals surface area contributed by atoms with Crippen molar-refractivity contribution in [2.24, 2.45) is 0 Å². The third kappa shape index (κ3) is 3.35. The van der Waals surface area contributed by atoms with Crippen molar-refractivity contribution in [2.75, 3.05) is 27.3 Å². The number of aryl methyl sites for hydroxylation is 1. The molecule has 1 heterocycles. The summed E-state index contributed by atoms with van der Waals surface area (Å²) in [6, 6.07) is 2.07. The largest absolute Gasteiger partial charge is 0.389 e. The van der Waals surface area contributed by atoms with Gasteiger partial charge in [0, 0.05) is 25.6 Å². The summed E-state index contributed by atoms with van der Waals surface area (Å²) in [5, 5.41) is 11.8. The number of methoxy groups -OCH3 is 1. The van der Waals surface area contributed by atoms with Crippen molar-refractivity contribution in [3.63, 3.8) is 0 Å². The maximum absolute atomic E-state index is 12.5. The normalized spacial score (nSPS) is 19.8. The Balaban J connectivity index is 2.01. The van der Waals surface area contributed by atoms with Gasteiger partial charge >= 0.3 is 0 Å². The van der Waals surface area contributed by atoms with Crippen LogP contribution in [0.25, 0.3) is 0 Å². The first-order valence-electron chi connectivity index (χ1n) is 6.61. The Morgan fingerprint density at radius 3 is 3.21 bits per heavy atom. The van der Waals surface area contributed by atoms with Gasteiger partial charge in [-0.2, -0.15) is 0 Å². The summed E-state index contributed by atoms with van der Waals surface area (Å²) in [4.78, 5) is 15.4. The van der Waals surface area contributed by atoms with Gasteiger partial charge in [-0.1, -0.05) is 0 Å². The highest BCUT2D eigenvalue weighted by atomic mass is 32.1. The van der Waals surface area contributed by atoms with Crippen LogP contribution >= 0.6 is 11.3 Å². The number of likely N-dealkylation sites (N-methyl/N-ethyl adjacent to an activating group) is 1. The van der Waals surface area contributed by atoms with Crippen LogP contribution in [-0.2, 0) is 16.0 Å². The molecule has 2 unspecified atom stereocenters. The second-order valence-corrected chi connectivity index (χ2v) is 6.07. The van der Waals surface area contributed by atoms with Crippen molar-refractivity contribution in [3.8, 4) is 0 Å². The Labute approximate surface area is 118 Å². The molecule has 0 saturated heterocycles. The van der Waals surface area contributed by atoms with Gasteiger partial charge in [0.05, 0.1) is 18.6 Å². The van der Waals surface area contributed by atoms with Gasteiger partial charge in [0.1, 0.15) is 0 Å². The molecule has 0 saturated carbocycles. The fourth-order valence-electron chi connectivity index (χ4n) is 2.66. The van der Waals surface area contributed by atoms with Gasteiger partial charge in [-0.25, -0.2) is 0 Å². The van der Waals surface area contributed by atoms with Crippen LogP contribution in [-0.4, -0.2) is 49.3 Å². The first-order chi connectivity index (χ1) is 9.13. The zero-order valence-corrected chi connectivity index (χ0v) is 12.3. The minimum atomic E-state index is -0.621. The van der Waals surface area contributed by atoms with Crippen LogP contribution in [0, 0.1) is 0 Å². The van der Waals surface area contributed by atoms with Crippen molar-refractivity contribution >= 4 is 17.2 Å². The van der Waals surface area contributed by atoms with Crippen LogP contribution < -0.4 is 0 Å². The van der Waals surface area contributed by atoms with Gasteiger partial charge in [-0.05, 0) is 36.3 Å². The van der Waals surface area contributed by atoms with Crippen molar-refractivity contribution in [2.45, 2.75) is 31.3 Å². The van der Waals surface area contributed by atoms with Crippen molar-refractivity contribution < 1.29 is 14.6 Å². The topological polar surface area (TPSA) is 49.8 Å². The van der Waals surface area contributed by atoms with E-state index in [-0.39, 0.29) is 18.4 Å². The number of carbonyl (C=O) groups excluding carboxylic acids is 1. The number of hydrogen-bond donors (Lipinski definition) is 1. The molecule has 1 aliphatic rings. The van der Waals surface area contributed by atoms with E-state index in [0.29, 0.717) is 6.54 Å². The first-order valence-corrected chi connectivity index (χ1v) is 7.49. The lowest BCUT2D eigenvalue weighted by molar-refractivity contribution is -0.133. The molecule has 19 heavy (non-hydrogen) atoms. The van der Waals surface area contributed by atoms with E-state index in [1.54, 1.807) is 30.4 Å². The molecule has 4 nitrogen and oxygen atoms in total. The van der Waals surface area contributed by atoms with Gasteiger partial charge in [-0.15, -0.1) is 11.3 Å². The highest BCUT2D eigenvalue weighted by molar-refractivity contribution is 7.10. The van der Waals surface area contributed by atoms with Crippen LogP contribution in [0.15, 0.2) is 11.4 Å². The predicted octanol–water partition coefficient (Wildman–Crippen LogP) is 1.63. The minimum absolute atomic E-state index is 0.0326. The van der Waals surface area contributed by atoms with E-state index >= 15 is 0 Å². The number of aliphatic hydroxyl groups excluding tert-OH is 1. The molecule has 106 valence electrons. The van der Waals surface area contributed by atoms with E-state index in [1.807, 2.05) is 0 Å². The number of fused-ring (bicyclic) bond motifs is 1. The fourth-order valence-corrected chi connectivity index (χ4v) is 3.65. The third-order valence-corrected chi connectivity index (χ3v) is 4.57. The molecule has 2 atom stereocenters. The Hall–Kier alpha value is -0.910. The molecule has 1 aromatic rings. The quantitative estimate of drug-likeness (QED) is 0.893. The Bertz CT molecular complexity index is 432. The predicted molar refractivity (Wildman–Crippen MR) is 75.5 cm³/mol. The molecule has 0 fully saturated rings. The number of rotatable bonds is 5. The lowest BCUT2D eigenvalue weighted by Gasteiger charge is -2.28. The van der Waals surface area contributed by atoms with E-state index in [2.05, 4.69) is 11.4 Å². The average Bonchev–Trinajstić information content (AvgIpc) is 2.86. The van der Waals surface area contributed by atoms with Crippen LogP contribution in [0.3, 0.4) is 0 Å². The van der Waals surface area contributed by atoms with Gasteiger partial charge in [0.2, 0.25) is 5.91 Å². The third-order valence-electron chi connectivity index (χ3n) is 3.57. The molecule has 0 aromatic carbocycles. The van der Waals surface area contributed by atoms with E-state index in [9.17, 15) is 9.90 Å². The summed E-state index contributed by atoms with van der Waals surface area (Å²) in [6.07, 6.45) is 2.45. The highest BCUT2D eigenvalue weighted by Gasteiger charge is 2.29. The zero-order chi connectivity index (χ0) is 13.8. The molecule has 0 aliphatic heterocycles. The average molecular weight is 283 g/mol. The van der Waals surface area contributed by atoms with E-state index in [4.69, 9.17) is 4.74 Å². The summed E-state index contributed by atoms with van der Waals surface area (Å²) in [6.45, 7) is 0.578. The standard InChI is InChI=1S/C14H21NO3S/c1-15(8-10(16)9-18-2)14(17)12-4-3-5-13-11(12)6-7-19-13/h6-7,10,12,16H,3-5,8-9H2,1-2H3. The molecule has 1 N–H and O–H groups in total. The summed E-state index contributed by atoms with van der Waals surface area (Å²) in [7, 11) is 3.30. The van der Waals surface area contributed by atoms with Crippen LogP contribution in [0.4, 0.5) is 0 Å². The van der Waals surface area contributed by atoms with Crippen molar-refractivity contribution in [3.05, 3.63) is 21.9 Å². The Morgan fingerprint density at radius 1 is 1.68 bits per heavy atom. The summed E-state index contributed by atoms with van der Waals surface area (Å²) in [5.41, 5.74) is 1.19. The summed E-state index contributed by atoms with van der Waals surface area (Å²) < 4.78 is 4.89. The van der Waals surface area contributed by atoms with Crippen LogP contribution in [0.1, 0.15) is 29.2 Å². The highest BCUT2D eigenvalue weighted by Crippen LogP contribution is 2.35. The number of nitrogens with zero attached hydrogens (tertiary/aromatic N) is 1. The van der Waals surface area contributed by atoms with Crippen molar-refractivity contribution in [1.82, 2.24) is 4.90 Å². The lowest BCUT2D eigenvalue weighted by atomic mass is 9.87. The number of carbonyl (C=O) groups is 1. The molecule has 2 rings (SSSR count). The summed E-state index contributed by atoms with van der Waals surface area (Å²) >= 11 is 1.74. The van der Waals surface area contributed by atoms with Crippen LogP contribution in [0.5, 0.6) is 0 Å². The van der Waals surface area contributed by atoms with E-state index in [1.165, 1.54) is 10.4 Å². The molecular weight excluding hydrogens is 262 g/mol. The van der Waals surface area contributed by atoms with Gasteiger partial charge in [0.25, 0.3) is 0 Å². The Kier molecular flexibility index (Phi) is 4.96. The van der Waals surface area contributed by atoms with Crippen molar-refractivity contribution in [1.29, 1.82) is 0 Å². The molecular formula is C14H21NO3S. The monoisotopic (exact) mass is 283 g/mol. The maximum Gasteiger partial charge on any atom is 0.229 e. The van der Waals surface area contributed by atoms with Gasteiger partial charge in [-0.3, -0.25) is 4.79 Å². The van der Waals surface area contributed by atoms with Crippen LogP contribution in [0.2, 0.25) is 0 Å². The number of amides is 1. The zero-order valence-electron chi connectivity index (χ0n) is 11.5. The molecule has 1 amide bonds. The number of ether oxygens (including phenoxy) is 1. The van der Waals surface area contributed by atoms with Gasteiger partial charge < -0.3 is 14.7 Å². The van der Waals surface area contributed by atoms with Gasteiger partial charge in [0.15, 0.2) is 0 Å². The smallest absolute Gasteiger partial charge is 0.229 e. The SMILES string of the molecule is COCC(O)CN(C)C(=O)C1CCCc2sccc21. The Morgan fingerprint density at radius 2 is 2.47 bits per heavy atom. The number of thiophene rings is 1. The molecule has 0 radical (unpaired) electrons. The maximum atomic E-state index is 12.5. The second-order valence-electron chi connectivity index (χ2n) is 5.07. The lowest BCUT2D eigenvalue weighted by Crippen LogP contribution is -2.39. The van der Waals surface area contributed by atoms with E-state index < -0.39 is 6.10 Å². The first kappa shape index (κ1) is 14.5. The minimum Gasteiger partial charge on any atom is -0.389 e. The summed E-state index contributed by atoms with van der Waals surface area (Å²) in [5.74, 6) is 0.0734. The number of hydrogen-bond acceptors (Lipinski definition) is 4. The van der Waals surface area contributed by atoms with E-state index in [0.717, 1.165) is 19.3 Å². The second kappa shape index (κ2) is 6.50. The molecule has 0 bridgehead atoms. The fraction of sp³-hybridized carbons (Fsp3) is 0.643. The molecule has 5 heteroatoms. The molecule has 0 spiro atoms.